The van der Waals surface area contributed by atoms with E-state index in [2.05, 4.69) is 16.1 Å². The maximum absolute atomic E-state index is 10.8. The molecule has 0 aliphatic carbocycles. The topological polar surface area (TPSA) is 55.8 Å². The second-order valence-electron chi connectivity index (χ2n) is 2.38. The van der Waals surface area contributed by atoms with Gasteiger partial charge < -0.3 is 14.4 Å². The lowest BCUT2D eigenvalue weighted by Gasteiger charge is -2.10. The number of hydrogen-bond acceptors (Lipinski definition) is 4. The Morgan fingerprint density at radius 1 is 1.31 bits per heavy atom. The summed E-state index contributed by atoms with van der Waals surface area (Å²) in [7, 11) is 3.14. The van der Waals surface area contributed by atoms with E-state index in [0.717, 1.165) is 6.08 Å². The maximum atomic E-state index is 10.8. The Balaban J connectivity index is 3.41. The van der Waals surface area contributed by atoms with Crippen LogP contribution in [0.1, 0.15) is 0 Å². The van der Waals surface area contributed by atoms with E-state index >= 15 is 0 Å². The highest BCUT2D eigenvalue weighted by Crippen LogP contribution is 1.86. The predicted molar refractivity (Wildman–Crippen MR) is 46.2 cm³/mol. The molecule has 13 heavy (non-hydrogen) atoms. The minimum Gasteiger partial charge on any atom is -0.459 e. The first-order valence-electron chi connectivity index (χ1n) is 3.71. The number of carbonyl (C=O) groups is 2. The first-order valence-corrected chi connectivity index (χ1v) is 3.71. The van der Waals surface area contributed by atoms with Crippen LogP contribution in [-0.4, -0.2) is 44.3 Å². The summed E-state index contributed by atoms with van der Waals surface area (Å²) in [6, 6.07) is 0. The molecular formula is C8H13NO4. The molecule has 0 aromatic carbocycles. The number of rotatable bonds is 4. The minimum atomic E-state index is -0.527. The van der Waals surface area contributed by atoms with Crippen molar-refractivity contribution in [2.24, 2.45) is 0 Å². The van der Waals surface area contributed by atoms with Crippen LogP contribution >= 0.6 is 0 Å². The van der Waals surface area contributed by atoms with Gasteiger partial charge in [0.2, 0.25) is 0 Å². The van der Waals surface area contributed by atoms with Crippen molar-refractivity contribution in [3.8, 4) is 0 Å². The molecular weight excluding hydrogens is 174 g/mol. The van der Waals surface area contributed by atoms with Crippen molar-refractivity contribution in [3.05, 3.63) is 12.7 Å². The third kappa shape index (κ3) is 5.72. The fraction of sp³-hybridized carbons (Fsp3) is 0.500. The summed E-state index contributed by atoms with van der Waals surface area (Å²) in [6.07, 6.45) is 0.586. The first kappa shape index (κ1) is 11.5. The first-order chi connectivity index (χ1) is 6.07. The van der Waals surface area contributed by atoms with Crippen molar-refractivity contribution >= 4 is 12.1 Å². The van der Waals surface area contributed by atoms with Gasteiger partial charge >= 0.3 is 12.1 Å². The SMILES string of the molecule is C=CC(=O)OCCOC(=O)N(C)C. The second-order valence-corrected chi connectivity index (χ2v) is 2.38. The molecule has 0 unspecified atom stereocenters. The van der Waals surface area contributed by atoms with Gasteiger partial charge in [0.05, 0.1) is 0 Å². The molecule has 5 heteroatoms. The van der Waals surface area contributed by atoms with Crippen molar-refractivity contribution in [2.45, 2.75) is 0 Å². The normalized spacial score (nSPS) is 8.77. The molecule has 0 aromatic rings. The molecule has 0 aromatic heterocycles. The molecule has 0 bridgehead atoms. The van der Waals surface area contributed by atoms with Gasteiger partial charge in [-0.2, -0.15) is 0 Å². The zero-order chi connectivity index (χ0) is 10.3. The van der Waals surface area contributed by atoms with E-state index in [1.807, 2.05) is 0 Å². The number of ether oxygens (including phenoxy) is 2. The molecule has 0 aliphatic heterocycles. The minimum absolute atomic E-state index is 0.0461. The molecule has 1 amide bonds. The highest BCUT2D eigenvalue weighted by Gasteiger charge is 2.03. The van der Waals surface area contributed by atoms with Crippen LogP contribution < -0.4 is 0 Å². The standard InChI is InChI=1S/C8H13NO4/c1-4-7(10)12-5-6-13-8(11)9(2)3/h4H,1,5-6H2,2-3H3. The molecule has 0 radical (unpaired) electrons. The van der Waals surface area contributed by atoms with Crippen LogP contribution in [0.4, 0.5) is 4.79 Å². The monoisotopic (exact) mass is 187 g/mol. The lowest BCUT2D eigenvalue weighted by Crippen LogP contribution is -2.24. The molecule has 5 nitrogen and oxygen atoms in total. The third-order valence-electron chi connectivity index (χ3n) is 1.09. The number of amides is 1. The number of nitrogens with zero attached hydrogens (tertiary/aromatic N) is 1. The van der Waals surface area contributed by atoms with Gasteiger partial charge in [0, 0.05) is 20.2 Å². The lowest BCUT2D eigenvalue weighted by atomic mass is 10.6. The summed E-state index contributed by atoms with van der Waals surface area (Å²) in [5.74, 6) is -0.527. The van der Waals surface area contributed by atoms with Gasteiger partial charge in [-0.05, 0) is 0 Å². The fourth-order valence-corrected chi connectivity index (χ4v) is 0.459. The van der Waals surface area contributed by atoms with Gasteiger partial charge in [0.15, 0.2) is 0 Å². The Hall–Kier alpha value is -1.52. The van der Waals surface area contributed by atoms with Crippen LogP contribution in [-0.2, 0) is 14.3 Å². The molecule has 0 saturated heterocycles. The van der Waals surface area contributed by atoms with Crippen molar-refractivity contribution < 1.29 is 19.1 Å². The Morgan fingerprint density at radius 2 is 1.85 bits per heavy atom. The molecule has 0 saturated carbocycles. The van der Waals surface area contributed by atoms with E-state index in [4.69, 9.17) is 0 Å². The Morgan fingerprint density at radius 3 is 2.31 bits per heavy atom. The van der Waals surface area contributed by atoms with Crippen molar-refractivity contribution in [3.63, 3.8) is 0 Å². The summed E-state index contributed by atoms with van der Waals surface area (Å²) >= 11 is 0. The molecule has 0 atom stereocenters. The quantitative estimate of drug-likeness (QED) is 0.363. The summed E-state index contributed by atoms with van der Waals surface area (Å²) in [5, 5.41) is 0. The van der Waals surface area contributed by atoms with Gasteiger partial charge in [-0.25, -0.2) is 9.59 Å². The van der Waals surface area contributed by atoms with Crippen molar-refractivity contribution in [2.75, 3.05) is 27.3 Å². The molecule has 0 heterocycles. The highest BCUT2D eigenvalue weighted by atomic mass is 16.6. The Bertz CT molecular complexity index is 200. The van der Waals surface area contributed by atoms with Gasteiger partial charge in [0.1, 0.15) is 13.2 Å². The molecule has 0 fully saturated rings. The zero-order valence-corrected chi connectivity index (χ0v) is 7.78. The van der Waals surface area contributed by atoms with Crippen LogP contribution in [0.5, 0.6) is 0 Å². The Kier molecular flexibility index (Phi) is 5.34. The second kappa shape index (κ2) is 6.05. The van der Waals surface area contributed by atoms with Crippen LogP contribution in [0.15, 0.2) is 12.7 Å². The van der Waals surface area contributed by atoms with Crippen LogP contribution in [0.25, 0.3) is 0 Å². The van der Waals surface area contributed by atoms with Gasteiger partial charge in [-0.15, -0.1) is 0 Å². The zero-order valence-electron chi connectivity index (χ0n) is 7.78. The van der Waals surface area contributed by atoms with E-state index < -0.39 is 12.1 Å². The number of hydrogen-bond donors (Lipinski definition) is 0. The average molecular weight is 187 g/mol. The molecule has 0 N–H and O–H groups in total. The van der Waals surface area contributed by atoms with E-state index in [1.54, 1.807) is 14.1 Å². The third-order valence-corrected chi connectivity index (χ3v) is 1.09. The maximum Gasteiger partial charge on any atom is 0.409 e. The molecule has 0 spiro atoms. The van der Waals surface area contributed by atoms with E-state index in [0.29, 0.717) is 0 Å². The lowest BCUT2D eigenvalue weighted by molar-refractivity contribution is -0.138. The molecule has 0 rings (SSSR count). The van der Waals surface area contributed by atoms with Crippen LogP contribution in [0.3, 0.4) is 0 Å². The largest absolute Gasteiger partial charge is 0.459 e. The fourth-order valence-electron chi connectivity index (χ4n) is 0.459. The molecule has 74 valence electrons. The van der Waals surface area contributed by atoms with Crippen molar-refractivity contribution in [1.82, 2.24) is 4.90 Å². The summed E-state index contributed by atoms with van der Waals surface area (Å²) in [4.78, 5) is 22.6. The van der Waals surface area contributed by atoms with Gasteiger partial charge in [-0.1, -0.05) is 6.58 Å². The molecule has 0 aliphatic rings. The Labute approximate surface area is 76.9 Å². The predicted octanol–water partition coefficient (Wildman–Crippen LogP) is 0.414. The van der Waals surface area contributed by atoms with Crippen LogP contribution in [0, 0.1) is 0 Å². The van der Waals surface area contributed by atoms with E-state index in [1.165, 1.54) is 4.90 Å². The van der Waals surface area contributed by atoms with Crippen molar-refractivity contribution in [1.29, 1.82) is 0 Å². The van der Waals surface area contributed by atoms with E-state index in [-0.39, 0.29) is 13.2 Å². The van der Waals surface area contributed by atoms with Gasteiger partial charge in [-0.3, -0.25) is 0 Å². The summed E-state index contributed by atoms with van der Waals surface area (Å²) < 4.78 is 9.24. The number of carbonyl (C=O) groups excluding carboxylic acids is 2. The summed E-state index contributed by atoms with van der Waals surface area (Å²) in [6.45, 7) is 3.31. The average Bonchev–Trinajstić information content (AvgIpc) is 2.11. The summed E-state index contributed by atoms with van der Waals surface area (Å²) in [5.41, 5.74) is 0. The smallest absolute Gasteiger partial charge is 0.409 e. The van der Waals surface area contributed by atoms with Crippen LogP contribution in [0.2, 0.25) is 0 Å². The van der Waals surface area contributed by atoms with E-state index in [9.17, 15) is 9.59 Å². The highest BCUT2D eigenvalue weighted by molar-refractivity contribution is 5.81. The van der Waals surface area contributed by atoms with Gasteiger partial charge in [0.25, 0.3) is 0 Å². The number of esters is 1.